The number of aliphatic hydroxyl groups excluding tert-OH is 1. The zero-order chi connectivity index (χ0) is 19.8. The summed E-state index contributed by atoms with van der Waals surface area (Å²) in [5, 5.41) is 12.4. The van der Waals surface area contributed by atoms with Gasteiger partial charge in [0.1, 0.15) is 5.82 Å². The van der Waals surface area contributed by atoms with Gasteiger partial charge in [0, 0.05) is 19.3 Å². The average molecular weight is 382 g/mol. The minimum atomic E-state index is -0.0102. The lowest BCUT2D eigenvalue weighted by atomic mass is 9.90. The van der Waals surface area contributed by atoms with Crippen LogP contribution in [-0.4, -0.2) is 46.6 Å². The van der Waals surface area contributed by atoms with E-state index in [0.717, 1.165) is 38.8 Å². The van der Waals surface area contributed by atoms with E-state index in [9.17, 15) is 9.90 Å². The number of amides is 1. The number of benzene rings is 1. The molecule has 1 atom stereocenters. The number of piperidine rings is 1. The fourth-order valence-electron chi connectivity index (χ4n) is 3.71. The molecule has 2 aromatic rings. The van der Waals surface area contributed by atoms with Crippen LogP contribution in [0.25, 0.3) is 0 Å². The van der Waals surface area contributed by atoms with Gasteiger partial charge in [-0.1, -0.05) is 37.3 Å². The number of hydrogen-bond donors (Lipinski definition) is 2. The Kier molecular flexibility index (Phi) is 7.43. The number of hydrogen-bond acceptors (Lipinski definition) is 4. The second-order valence-electron chi connectivity index (χ2n) is 7.62. The number of anilines is 1. The Bertz CT molecular complexity index is 721. The molecule has 0 radical (unpaired) electrons. The molecule has 0 bridgehead atoms. The van der Waals surface area contributed by atoms with Gasteiger partial charge < -0.3 is 15.3 Å². The van der Waals surface area contributed by atoms with E-state index in [0.29, 0.717) is 17.3 Å². The van der Waals surface area contributed by atoms with Crippen LogP contribution in [0.1, 0.15) is 48.5 Å². The van der Waals surface area contributed by atoms with Crippen molar-refractivity contribution in [3.05, 3.63) is 59.8 Å². The predicted molar refractivity (Wildman–Crippen MR) is 112 cm³/mol. The van der Waals surface area contributed by atoms with E-state index in [1.807, 2.05) is 24.0 Å². The third-order valence-electron chi connectivity index (χ3n) is 5.66. The van der Waals surface area contributed by atoms with E-state index >= 15 is 0 Å². The van der Waals surface area contributed by atoms with E-state index < -0.39 is 0 Å². The minimum absolute atomic E-state index is 0.0102. The Morgan fingerprint density at radius 2 is 1.96 bits per heavy atom. The number of pyridine rings is 1. The van der Waals surface area contributed by atoms with Gasteiger partial charge in [-0.3, -0.25) is 4.79 Å². The van der Waals surface area contributed by atoms with Crippen molar-refractivity contribution in [2.24, 2.45) is 5.92 Å². The number of likely N-dealkylation sites (tertiary alicyclic amines) is 1. The summed E-state index contributed by atoms with van der Waals surface area (Å²) in [6, 6.07) is 14.3. The van der Waals surface area contributed by atoms with E-state index in [1.54, 1.807) is 6.20 Å². The second kappa shape index (κ2) is 10.2. The van der Waals surface area contributed by atoms with Crippen molar-refractivity contribution in [2.45, 2.75) is 45.1 Å². The maximum Gasteiger partial charge on any atom is 0.255 e. The van der Waals surface area contributed by atoms with Crippen LogP contribution >= 0.6 is 0 Å². The number of carbonyl (C=O) groups is 1. The van der Waals surface area contributed by atoms with Crippen molar-refractivity contribution in [2.75, 3.05) is 25.0 Å². The van der Waals surface area contributed by atoms with Gasteiger partial charge in [-0.25, -0.2) is 4.98 Å². The molecule has 3 rings (SSSR count). The topological polar surface area (TPSA) is 65.5 Å². The lowest BCUT2D eigenvalue weighted by molar-refractivity contribution is 0.0686. The van der Waals surface area contributed by atoms with Crippen molar-refractivity contribution in [3.63, 3.8) is 0 Å². The summed E-state index contributed by atoms with van der Waals surface area (Å²) in [7, 11) is 0. The van der Waals surface area contributed by atoms with E-state index in [1.165, 1.54) is 12.0 Å². The number of aromatic nitrogens is 1. The van der Waals surface area contributed by atoms with Gasteiger partial charge in [0.15, 0.2) is 0 Å². The molecular formula is C23H31N3O2. The predicted octanol–water partition coefficient (Wildman–Crippen LogP) is 3.75. The lowest BCUT2D eigenvalue weighted by Gasteiger charge is -2.32. The molecule has 150 valence electrons. The zero-order valence-corrected chi connectivity index (χ0v) is 16.7. The van der Waals surface area contributed by atoms with Crippen molar-refractivity contribution in [3.8, 4) is 0 Å². The Labute approximate surface area is 167 Å². The van der Waals surface area contributed by atoms with Crippen molar-refractivity contribution < 1.29 is 9.90 Å². The van der Waals surface area contributed by atoms with Crippen LogP contribution in [0, 0.1) is 5.92 Å². The highest BCUT2D eigenvalue weighted by Gasteiger charge is 2.23. The zero-order valence-electron chi connectivity index (χ0n) is 16.7. The Morgan fingerprint density at radius 1 is 1.21 bits per heavy atom. The molecule has 0 aliphatic carbocycles. The molecule has 2 heterocycles. The van der Waals surface area contributed by atoms with Crippen molar-refractivity contribution in [1.82, 2.24) is 9.88 Å². The number of nitrogens with one attached hydrogen (secondary N) is 1. The summed E-state index contributed by atoms with van der Waals surface area (Å²) in [4.78, 5) is 19.0. The molecule has 1 aliphatic heterocycles. The van der Waals surface area contributed by atoms with E-state index in [2.05, 4.69) is 40.6 Å². The van der Waals surface area contributed by atoms with Gasteiger partial charge in [-0.2, -0.15) is 0 Å². The Morgan fingerprint density at radius 3 is 2.57 bits per heavy atom. The highest BCUT2D eigenvalue weighted by atomic mass is 16.3. The van der Waals surface area contributed by atoms with Crippen LogP contribution in [0.4, 0.5) is 5.82 Å². The first-order chi connectivity index (χ1) is 13.7. The summed E-state index contributed by atoms with van der Waals surface area (Å²) < 4.78 is 0. The molecule has 0 unspecified atom stereocenters. The van der Waals surface area contributed by atoms with Gasteiger partial charge in [0.05, 0.1) is 18.2 Å². The molecular weight excluding hydrogens is 350 g/mol. The minimum Gasteiger partial charge on any atom is -0.394 e. The van der Waals surface area contributed by atoms with Crippen LogP contribution < -0.4 is 5.32 Å². The van der Waals surface area contributed by atoms with Gasteiger partial charge in [0.25, 0.3) is 5.91 Å². The molecule has 5 heteroatoms. The normalized spacial score (nSPS) is 16.0. The summed E-state index contributed by atoms with van der Waals surface area (Å²) >= 11 is 0. The SMILES string of the molecule is CC[C@H](CO)Nc1ccc(C(=O)N2CCC(CCc3ccccc3)CC2)cn1. The molecule has 0 spiro atoms. The highest BCUT2D eigenvalue weighted by molar-refractivity contribution is 5.94. The fraction of sp³-hybridized carbons (Fsp3) is 0.478. The monoisotopic (exact) mass is 381 g/mol. The first-order valence-electron chi connectivity index (χ1n) is 10.4. The van der Waals surface area contributed by atoms with Crippen LogP contribution in [-0.2, 0) is 6.42 Å². The fourth-order valence-corrected chi connectivity index (χ4v) is 3.71. The van der Waals surface area contributed by atoms with E-state index in [-0.39, 0.29) is 18.6 Å². The number of aliphatic hydroxyl groups is 1. The van der Waals surface area contributed by atoms with Crippen LogP contribution in [0.3, 0.4) is 0 Å². The summed E-state index contributed by atoms with van der Waals surface area (Å²) in [6.45, 7) is 3.72. The molecule has 1 aromatic carbocycles. The van der Waals surface area contributed by atoms with Crippen molar-refractivity contribution >= 4 is 11.7 Å². The second-order valence-corrected chi connectivity index (χ2v) is 7.62. The summed E-state index contributed by atoms with van der Waals surface area (Å²) in [5.41, 5.74) is 2.03. The third-order valence-corrected chi connectivity index (χ3v) is 5.66. The smallest absolute Gasteiger partial charge is 0.255 e. The Balaban J connectivity index is 1.46. The van der Waals surface area contributed by atoms with Gasteiger partial charge in [-0.05, 0) is 55.7 Å². The molecule has 2 N–H and O–H groups in total. The highest BCUT2D eigenvalue weighted by Crippen LogP contribution is 2.23. The number of carbonyl (C=O) groups excluding carboxylic acids is 1. The first-order valence-corrected chi connectivity index (χ1v) is 10.4. The lowest BCUT2D eigenvalue weighted by Crippen LogP contribution is -2.38. The third kappa shape index (κ3) is 5.55. The quantitative estimate of drug-likeness (QED) is 0.731. The van der Waals surface area contributed by atoms with Crippen LogP contribution in [0.5, 0.6) is 0 Å². The molecule has 1 amide bonds. The molecule has 1 saturated heterocycles. The summed E-state index contributed by atoms with van der Waals surface area (Å²) in [5.74, 6) is 1.45. The standard InChI is InChI=1S/C23H31N3O2/c1-2-21(17-27)25-22-11-10-20(16-24-22)23(28)26-14-12-19(13-15-26)9-8-18-6-4-3-5-7-18/h3-7,10-11,16,19,21,27H,2,8-9,12-15,17H2,1H3,(H,24,25)/t21-/m1/s1. The summed E-state index contributed by atoms with van der Waals surface area (Å²) in [6.07, 6.45) is 6.90. The number of rotatable bonds is 8. The Hall–Kier alpha value is -2.40. The van der Waals surface area contributed by atoms with E-state index in [4.69, 9.17) is 0 Å². The number of nitrogens with zero attached hydrogens (tertiary/aromatic N) is 2. The molecule has 5 nitrogen and oxygen atoms in total. The molecule has 1 fully saturated rings. The van der Waals surface area contributed by atoms with Crippen LogP contribution in [0.15, 0.2) is 48.7 Å². The number of aryl methyl sites for hydroxylation is 1. The average Bonchev–Trinajstić information content (AvgIpc) is 2.77. The maximum absolute atomic E-state index is 12.8. The molecule has 1 aliphatic rings. The van der Waals surface area contributed by atoms with Crippen LogP contribution in [0.2, 0.25) is 0 Å². The molecule has 28 heavy (non-hydrogen) atoms. The van der Waals surface area contributed by atoms with Gasteiger partial charge in [0.2, 0.25) is 0 Å². The van der Waals surface area contributed by atoms with Crippen molar-refractivity contribution in [1.29, 1.82) is 0 Å². The molecule has 1 aromatic heterocycles. The van der Waals surface area contributed by atoms with Gasteiger partial charge in [-0.15, -0.1) is 0 Å². The largest absolute Gasteiger partial charge is 0.394 e. The maximum atomic E-state index is 12.8. The van der Waals surface area contributed by atoms with Gasteiger partial charge >= 0.3 is 0 Å². The first kappa shape index (κ1) is 20.3. The molecule has 0 saturated carbocycles.